The van der Waals surface area contributed by atoms with E-state index in [1.165, 1.54) is 35.4 Å². The number of carbonyl (C=O) groups is 1. The molecule has 1 fully saturated rings. The van der Waals surface area contributed by atoms with Crippen molar-refractivity contribution in [2.24, 2.45) is 0 Å². The summed E-state index contributed by atoms with van der Waals surface area (Å²) in [6, 6.07) is 10.6. The molecule has 5 rings (SSSR count). The Labute approximate surface area is 191 Å². The smallest absolute Gasteiger partial charge is 0.405 e. The van der Waals surface area contributed by atoms with E-state index in [2.05, 4.69) is 30.1 Å². The first-order valence-electron chi connectivity index (χ1n) is 10.4. The number of likely N-dealkylation sites (tertiary alicyclic amines) is 1. The van der Waals surface area contributed by atoms with Crippen LogP contribution in [0.4, 0.5) is 13.2 Å². The predicted molar refractivity (Wildman–Crippen MR) is 113 cm³/mol. The molecule has 1 atom stereocenters. The summed E-state index contributed by atoms with van der Waals surface area (Å²) < 4.78 is 42.4. The van der Waals surface area contributed by atoms with Crippen molar-refractivity contribution in [3.63, 3.8) is 0 Å². The molecule has 0 saturated carbocycles. The zero-order valence-corrected chi connectivity index (χ0v) is 17.8. The maximum Gasteiger partial charge on any atom is 0.573 e. The highest BCUT2D eigenvalue weighted by Crippen LogP contribution is 2.36. The highest BCUT2D eigenvalue weighted by Gasteiger charge is 2.38. The molecule has 12 heteroatoms. The van der Waals surface area contributed by atoms with Crippen LogP contribution in [-0.4, -0.2) is 53.9 Å². The monoisotopic (exact) mass is 469 g/mol. The molecule has 3 heterocycles. The molecule has 0 aliphatic carbocycles. The number of benzene rings is 2. The molecule has 174 valence electrons. The van der Waals surface area contributed by atoms with E-state index in [0.29, 0.717) is 30.0 Å². The molecular weight excluding hydrogens is 451 g/mol. The maximum atomic E-state index is 13.4. The number of aryl methyl sites for hydroxylation is 1. The zero-order valence-electron chi connectivity index (χ0n) is 17.8. The molecule has 2 aromatic carbocycles. The number of hydrogen-bond acceptors (Lipinski definition) is 6. The summed E-state index contributed by atoms with van der Waals surface area (Å²) in [5.74, 6) is -0.214. The van der Waals surface area contributed by atoms with Crippen molar-refractivity contribution in [1.29, 1.82) is 0 Å². The standard InChI is InChI=1S/C22H18F3N7O2/c1-13-6-7-14(17(12-13)32-26-9-10-27-32)21(33)31-11-8-16(31)20-28-19(29-30-20)15-4-2-3-5-18(15)34-22(23,24)25/h2-7,9-10,12,16H,8,11H2,1H3,(H,28,29,30)/t16-/m0/s1. The third-order valence-electron chi connectivity index (χ3n) is 5.47. The molecule has 1 N–H and O–H groups in total. The predicted octanol–water partition coefficient (Wildman–Crippen LogP) is 3.85. The Morgan fingerprint density at radius 3 is 2.62 bits per heavy atom. The minimum atomic E-state index is -4.85. The van der Waals surface area contributed by atoms with Crippen LogP contribution in [0.2, 0.25) is 0 Å². The van der Waals surface area contributed by atoms with Crippen LogP contribution < -0.4 is 4.74 Å². The van der Waals surface area contributed by atoms with Gasteiger partial charge in [-0.25, -0.2) is 4.98 Å². The molecule has 0 radical (unpaired) electrons. The number of nitrogens with zero attached hydrogens (tertiary/aromatic N) is 6. The fraction of sp³-hybridized carbons (Fsp3) is 0.227. The summed E-state index contributed by atoms with van der Waals surface area (Å²) in [5.41, 5.74) is 2.01. The van der Waals surface area contributed by atoms with Crippen LogP contribution in [0, 0.1) is 6.92 Å². The Morgan fingerprint density at radius 2 is 1.91 bits per heavy atom. The number of H-pyrrole nitrogens is 1. The molecule has 1 saturated heterocycles. The number of hydrogen-bond donors (Lipinski definition) is 1. The lowest BCUT2D eigenvalue weighted by Gasteiger charge is -2.39. The van der Waals surface area contributed by atoms with Gasteiger partial charge >= 0.3 is 6.36 Å². The third kappa shape index (κ3) is 4.09. The first-order chi connectivity index (χ1) is 16.3. The Kier molecular flexibility index (Phi) is 5.27. The van der Waals surface area contributed by atoms with Crippen molar-refractivity contribution >= 4 is 5.91 Å². The largest absolute Gasteiger partial charge is 0.573 e. The van der Waals surface area contributed by atoms with E-state index in [1.54, 1.807) is 17.0 Å². The van der Waals surface area contributed by atoms with Crippen LogP contribution >= 0.6 is 0 Å². The second-order valence-electron chi connectivity index (χ2n) is 7.73. The van der Waals surface area contributed by atoms with Gasteiger partial charge in [0.05, 0.1) is 35.2 Å². The Bertz CT molecular complexity index is 1330. The van der Waals surface area contributed by atoms with Gasteiger partial charge in [0.2, 0.25) is 0 Å². The van der Waals surface area contributed by atoms with E-state index in [9.17, 15) is 18.0 Å². The van der Waals surface area contributed by atoms with Crippen LogP contribution in [0.3, 0.4) is 0 Å². The molecule has 1 aliphatic rings. The van der Waals surface area contributed by atoms with Gasteiger partial charge in [0, 0.05) is 6.54 Å². The molecule has 34 heavy (non-hydrogen) atoms. The van der Waals surface area contributed by atoms with Crippen molar-refractivity contribution in [2.75, 3.05) is 6.54 Å². The van der Waals surface area contributed by atoms with Crippen LogP contribution in [0.5, 0.6) is 5.75 Å². The van der Waals surface area contributed by atoms with Crippen molar-refractivity contribution < 1.29 is 22.7 Å². The third-order valence-corrected chi connectivity index (χ3v) is 5.47. The van der Waals surface area contributed by atoms with Gasteiger partial charge < -0.3 is 9.64 Å². The van der Waals surface area contributed by atoms with Gasteiger partial charge in [-0.05, 0) is 43.2 Å². The Balaban J connectivity index is 1.41. The van der Waals surface area contributed by atoms with E-state index < -0.39 is 18.2 Å². The van der Waals surface area contributed by atoms with Gasteiger partial charge in [0.1, 0.15) is 11.6 Å². The summed E-state index contributed by atoms with van der Waals surface area (Å²) in [6.45, 7) is 2.40. The van der Waals surface area contributed by atoms with Crippen molar-refractivity contribution in [3.8, 4) is 22.8 Å². The molecule has 1 amide bonds. The number of ether oxygens (including phenoxy) is 1. The molecule has 0 unspecified atom stereocenters. The van der Waals surface area contributed by atoms with Crippen molar-refractivity contribution in [2.45, 2.75) is 25.7 Å². The van der Waals surface area contributed by atoms with Crippen LogP contribution in [-0.2, 0) is 0 Å². The Hall–Kier alpha value is -4.22. The molecule has 0 bridgehead atoms. The van der Waals surface area contributed by atoms with Gasteiger partial charge in [0.25, 0.3) is 5.91 Å². The second kappa shape index (κ2) is 8.28. The summed E-state index contributed by atoms with van der Waals surface area (Å²) in [6.07, 6.45) is -1.16. The lowest BCUT2D eigenvalue weighted by Crippen LogP contribution is -2.46. The molecule has 1 aliphatic heterocycles. The quantitative estimate of drug-likeness (QED) is 0.477. The molecule has 4 aromatic rings. The molecular formula is C22H18F3N7O2. The van der Waals surface area contributed by atoms with Gasteiger partial charge in [-0.15, -0.1) is 13.2 Å². The molecule has 0 spiro atoms. The normalized spacial score (nSPS) is 15.8. The average molecular weight is 469 g/mol. The van der Waals surface area contributed by atoms with E-state index in [1.807, 2.05) is 19.1 Å². The summed E-state index contributed by atoms with van der Waals surface area (Å²) in [5, 5.41) is 15.1. The molecule has 2 aromatic heterocycles. The summed E-state index contributed by atoms with van der Waals surface area (Å²) in [7, 11) is 0. The number of carbonyl (C=O) groups excluding carboxylic acids is 1. The van der Waals surface area contributed by atoms with Gasteiger partial charge in [-0.2, -0.15) is 20.1 Å². The number of para-hydroxylation sites is 1. The van der Waals surface area contributed by atoms with Crippen molar-refractivity contribution in [1.82, 2.24) is 35.1 Å². The van der Waals surface area contributed by atoms with E-state index in [-0.39, 0.29) is 17.3 Å². The number of halogens is 3. The maximum absolute atomic E-state index is 13.4. The SMILES string of the molecule is Cc1ccc(C(=O)N2CC[C@H]2c2nc(-c3ccccc3OC(F)(F)F)n[nH]2)c(-n2nccn2)c1. The van der Waals surface area contributed by atoms with Crippen molar-refractivity contribution in [3.05, 3.63) is 71.8 Å². The summed E-state index contributed by atoms with van der Waals surface area (Å²) in [4.78, 5) is 20.8. The zero-order chi connectivity index (χ0) is 23.9. The number of alkyl halides is 3. The van der Waals surface area contributed by atoms with E-state index in [4.69, 9.17) is 0 Å². The number of rotatable bonds is 5. The highest BCUT2D eigenvalue weighted by atomic mass is 19.4. The van der Waals surface area contributed by atoms with Crippen LogP contribution in [0.25, 0.3) is 17.1 Å². The van der Waals surface area contributed by atoms with E-state index in [0.717, 1.165) is 5.56 Å². The fourth-order valence-corrected chi connectivity index (χ4v) is 3.81. The lowest BCUT2D eigenvalue weighted by molar-refractivity contribution is -0.274. The Morgan fingerprint density at radius 1 is 1.15 bits per heavy atom. The first kappa shape index (κ1) is 21.6. The van der Waals surface area contributed by atoms with E-state index >= 15 is 0 Å². The minimum absolute atomic E-state index is 0.0471. The highest BCUT2D eigenvalue weighted by molar-refractivity contribution is 5.98. The topological polar surface area (TPSA) is 102 Å². The molecule has 9 nitrogen and oxygen atoms in total. The summed E-state index contributed by atoms with van der Waals surface area (Å²) >= 11 is 0. The van der Waals surface area contributed by atoms with Crippen LogP contribution in [0.15, 0.2) is 54.9 Å². The van der Waals surface area contributed by atoms with Gasteiger partial charge in [-0.3, -0.25) is 9.89 Å². The number of nitrogens with one attached hydrogen (secondary N) is 1. The van der Waals surface area contributed by atoms with Crippen LogP contribution in [0.1, 0.15) is 34.2 Å². The number of aromatic amines is 1. The number of aromatic nitrogens is 6. The second-order valence-corrected chi connectivity index (χ2v) is 7.73. The lowest BCUT2D eigenvalue weighted by atomic mass is 9.99. The van der Waals surface area contributed by atoms with Gasteiger partial charge in [0.15, 0.2) is 5.82 Å². The number of amides is 1. The minimum Gasteiger partial charge on any atom is -0.405 e. The first-order valence-corrected chi connectivity index (χ1v) is 10.4. The fourth-order valence-electron chi connectivity index (χ4n) is 3.81. The van der Waals surface area contributed by atoms with Gasteiger partial charge in [-0.1, -0.05) is 18.2 Å². The average Bonchev–Trinajstić information content (AvgIpc) is 3.45.